The van der Waals surface area contributed by atoms with E-state index in [9.17, 15) is 4.79 Å². The van der Waals surface area contributed by atoms with Gasteiger partial charge in [0.2, 0.25) is 0 Å². The number of halogens is 1. The molecule has 112 valence electrons. The number of amides is 2. The molecule has 2 amide bonds. The van der Waals surface area contributed by atoms with Gasteiger partial charge in [-0.1, -0.05) is 23.7 Å². The molecular weight excluding hydrogens is 308 g/mol. The van der Waals surface area contributed by atoms with Crippen LogP contribution in [-0.2, 0) is 6.54 Å². The van der Waals surface area contributed by atoms with E-state index in [1.54, 1.807) is 12.0 Å². The third kappa shape index (κ3) is 4.12. The number of nitrogens with one attached hydrogen (secondary N) is 1. The second-order valence-electron chi connectivity index (χ2n) is 4.35. The van der Waals surface area contributed by atoms with Crippen molar-refractivity contribution in [1.82, 2.24) is 4.90 Å². The quantitative estimate of drug-likeness (QED) is 0.882. The predicted octanol–water partition coefficient (Wildman–Crippen LogP) is 4.46. The lowest BCUT2D eigenvalue weighted by Crippen LogP contribution is -2.34. The minimum Gasteiger partial charge on any atom is -0.495 e. The number of rotatable bonds is 5. The minimum atomic E-state index is -0.161. The smallest absolute Gasteiger partial charge is 0.322 e. The molecule has 6 heteroatoms. The van der Waals surface area contributed by atoms with Crippen LogP contribution in [0.2, 0.25) is 4.34 Å². The van der Waals surface area contributed by atoms with Crippen molar-refractivity contribution in [2.75, 3.05) is 19.0 Å². The zero-order chi connectivity index (χ0) is 15.2. The molecule has 2 aromatic rings. The van der Waals surface area contributed by atoms with Crippen LogP contribution in [0.5, 0.6) is 5.75 Å². The van der Waals surface area contributed by atoms with Crippen LogP contribution in [0.4, 0.5) is 10.5 Å². The van der Waals surface area contributed by atoms with Crippen LogP contribution in [0.15, 0.2) is 36.4 Å². The Kier molecular flexibility index (Phi) is 5.47. The summed E-state index contributed by atoms with van der Waals surface area (Å²) in [5.74, 6) is 0.640. The first-order chi connectivity index (χ1) is 10.1. The Bertz CT molecular complexity index is 615. The van der Waals surface area contributed by atoms with E-state index in [1.807, 2.05) is 43.3 Å². The number of benzene rings is 1. The number of carbonyl (C=O) groups excluding carboxylic acids is 1. The van der Waals surface area contributed by atoms with Gasteiger partial charge in [-0.3, -0.25) is 0 Å². The SMILES string of the molecule is CCN(Cc1ccc(Cl)s1)C(=O)Nc1ccccc1OC. The van der Waals surface area contributed by atoms with Crippen LogP contribution in [0, 0.1) is 0 Å². The van der Waals surface area contributed by atoms with Crippen molar-refractivity contribution in [3.05, 3.63) is 45.6 Å². The zero-order valence-corrected chi connectivity index (χ0v) is 13.5. The maximum absolute atomic E-state index is 12.4. The van der Waals surface area contributed by atoms with Crippen molar-refractivity contribution in [1.29, 1.82) is 0 Å². The number of hydrogen-bond donors (Lipinski definition) is 1. The van der Waals surface area contributed by atoms with Crippen LogP contribution < -0.4 is 10.1 Å². The molecule has 0 aliphatic heterocycles. The van der Waals surface area contributed by atoms with E-state index in [4.69, 9.17) is 16.3 Å². The van der Waals surface area contributed by atoms with Gasteiger partial charge in [0, 0.05) is 11.4 Å². The average Bonchev–Trinajstić information content (AvgIpc) is 2.90. The standard InChI is InChI=1S/C15H17ClN2O2S/c1-3-18(10-11-8-9-14(16)21-11)15(19)17-12-6-4-5-7-13(12)20-2/h4-9H,3,10H2,1-2H3,(H,17,19). The van der Waals surface area contributed by atoms with Crippen LogP contribution in [-0.4, -0.2) is 24.6 Å². The lowest BCUT2D eigenvalue weighted by atomic mass is 10.3. The molecular formula is C15H17ClN2O2S. The van der Waals surface area contributed by atoms with Crippen molar-refractivity contribution in [2.45, 2.75) is 13.5 Å². The van der Waals surface area contributed by atoms with Gasteiger partial charge in [0.15, 0.2) is 0 Å². The molecule has 4 nitrogen and oxygen atoms in total. The van der Waals surface area contributed by atoms with Gasteiger partial charge in [0.1, 0.15) is 5.75 Å². The molecule has 1 aromatic heterocycles. The molecule has 0 atom stereocenters. The third-order valence-corrected chi connectivity index (χ3v) is 4.21. The summed E-state index contributed by atoms with van der Waals surface area (Å²) in [5.41, 5.74) is 0.660. The van der Waals surface area contributed by atoms with E-state index >= 15 is 0 Å². The molecule has 0 radical (unpaired) electrons. The van der Waals surface area contributed by atoms with Crippen LogP contribution in [0.3, 0.4) is 0 Å². The van der Waals surface area contributed by atoms with Crippen molar-refractivity contribution >= 4 is 34.7 Å². The second kappa shape index (κ2) is 7.33. The Hall–Kier alpha value is -1.72. The van der Waals surface area contributed by atoms with E-state index < -0.39 is 0 Å². The first kappa shape index (κ1) is 15.7. The highest BCUT2D eigenvalue weighted by Crippen LogP contribution is 2.25. The first-order valence-corrected chi connectivity index (χ1v) is 7.76. The topological polar surface area (TPSA) is 41.6 Å². The highest BCUT2D eigenvalue weighted by Gasteiger charge is 2.15. The van der Waals surface area contributed by atoms with E-state index in [2.05, 4.69) is 5.32 Å². The number of hydrogen-bond acceptors (Lipinski definition) is 3. The van der Waals surface area contributed by atoms with Gasteiger partial charge in [-0.2, -0.15) is 0 Å². The molecule has 0 saturated carbocycles. The number of anilines is 1. The van der Waals surface area contributed by atoms with Gasteiger partial charge in [0.25, 0.3) is 0 Å². The second-order valence-corrected chi connectivity index (χ2v) is 6.15. The number of methoxy groups -OCH3 is 1. The molecule has 1 heterocycles. The van der Waals surface area contributed by atoms with E-state index in [0.29, 0.717) is 24.5 Å². The van der Waals surface area contributed by atoms with E-state index in [1.165, 1.54) is 11.3 Å². The minimum absolute atomic E-state index is 0.161. The van der Waals surface area contributed by atoms with Gasteiger partial charge >= 0.3 is 6.03 Å². The lowest BCUT2D eigenvalue weighted by Gasteiger charge is -2.21. The van der Waals surface area contributed by atoms with Crippen molar-refractivity contribution < 1.29 is 9.53 Å². The fraction of sp³-hybridized carbons (Fsp3) is 0.267. The normalized spacial score (nSPS) is 10.2. The van der Waals surface area contributed by atoms with Crippen LogP contribution in [0.1, 0.15) is 11.8 Å². The molecule has 2 rings (SSSR count). The predicted molar refractivity (Wildman–Crippen MR) is 87.4 cm³/mol. The number of thiophene rings is 1. The Morgan fingerprint density at radius 2 is 2.10 bits per heavy atom. The third-order valence-electron chi connectivity index (χ3n) is 2.99. The Balaban J connectivity index is 2.06. The Morgan fingerprint density at radius 3 is 2.71 bits per heavy atom. The summed E-state index contributed by atoms with van der Waals surface area (Å²) in [7, 11) is 1.58. The summed E-state index contributed by atoms with van der Waals surface area (Å²) >= 11 is 7.40. The van der Waals surface area contributed by atoms with Gasteiger partial charge in [-0.15, -0.1) is 11.3 Å². The molecule has 0 bridgehead atoms. The maximum Gasteiger partial charge on any atom is 0.322 e. The Morgan fingerprint density at radius 1 is 1.33 bits per heavy atom. The van der Waals surface area contributed by atoms with E-state index in [0.717, 1.165) is 9.21 Å². The number of nitrogens with zero attached hydrogens (tertiary/aromatic N) is 1. The molecule has 0 saturated heterocycles. The summed E-state index contributed by atoms with van der Waals surface area (Å²) in [5, 5.41) is 2.87. The van der Waals surface area contributed by atoms with Crippen molar-refractivity contribution in [3.63, 3.8) is 0 Å². The molecule has 21 heavy (non-hydrogen) atoms. The summed E-state index contributed by atoms with van der Waals surface area (Å²) in [4.78, 5) is 15.1. The number of urea groups is 1. The number of carbonyl (C=O) groups is 1. The number of para-hydroxylation sites is 2. The van der Waals surface area contributed by atoms with Crippen molar-refractivity contribution in [3.8, 4) is 5.75 Å². The summed E-state index contributed by atoms with van der Waals surface area (Å²) in [6.45, 7) is 3.09. The van der Waals surface area contributed by atoms with Gasteiger partial charge in [-0.25, -0.2) is 4.79 Å². The molecule has 0 aliphatic carbocycles. The first-order valence-electron chi connectivity index (χ1n) is 6.57. The van der Waals surface area contributed by atoms with E-state index in [-0.39, 0.29) is 6.03 Å². The fourth-order valence-corrected chi connectivity index (χ4v) is 3.00. The molecule has 0 aliphatic rings. The van der Waals surface area contributed by atoms with Gasteiger partial charge in [-0.05, 0) is 31.2 Å². The molecule has 1 N–H and O–H groups in total. The molecule has 0 spiro atoms. The van der Waals surface area contributed by atoms with Gasteiger partial charge in [0.05, 0.1) is 23.7 Å². The molecule has 1 aromatic carbocycles. The molecule has 0 unspecified atom stereocenters. The zero-order valence-electron chi connectivity index (χ0n) is 11.9. The Labute approximate surface area is 133 Å². The monoisotopic (exact) mass is 324 g/mol. The molecule has 0 fully saturated rings. The highest BCUT2D eigenvalue weighted by atomic mass is 35.5. The average molecular weight is 325 g/mol. The summed E-state index contributed by atoms with van der Waals surface area (Å²) < 4.78 is 5.96. The number of ether oxygens (including phenoxy) is 1. The fourth-order valence-electron chi connectivity index (χ4n) is 1.89. The van der Waals surface area contributed by atoms with Crippen LogP contribution >= 0.6 is 22.9 Å². The largest absolute Gasteiger partial charge is 0.495 e. The highest BCUT2D eigenvalue weighted by molar-refractivity contribution is 7.16. The maximum atomic E-state index is 12.4. The lowest BCUT2D eigenvalue weighted by molar-refractivity contribution is 0.212. The summed E-state index contributed by atoms with van der Waals surface area (Å²) in [6.07, 6.45) is 0. The van der Waals surface area contributed by atoms with Crippen molar-refractivity contribution in [2.24, 2.45) is 0 Å². The van der Waals surface area contributed by atoms with Crippen LogP contribution in [0.25, 0.3) is 0 Å². The summed E-state index contributed by atoms with van der Waals surface area (Å²) in [6, 6.07) is 11.0. The van der Waals surface area contributed by atoms with Gasteiger partial charge < -0.3 is 15.0 Å².